The van der Waals surface area contributed by atoms with Crippen molar-refractivity contribution in [2.24, 2.45) is 0 Å². The summed E-state index contributed by atoms with van der Waals surface area (Å²) < 4.78 is 2.64. The Labute approximate surface area is 304 Å². The second kappa shape index (κ2) is 10.4. The minimum Gasteiger partial charge on any atom is -0.310 e. The van der Waals surface area contributed by atoms with Gasteiger partial charge in [-0.3, -0.25) is 0 Å². The Morgan fingerprint density at radius 2 is 0.980 bits per heavy atom. The molecule has 2 heteroatoms. The van der Waals surface area contributed by atoms with Crippen molar-refractivity contribution in [1.29, 1.82) is 0 Å². The number of nitrogens with zero attached hydrogens (tertiary/aromatic N) is 1. The molecule has 51 heavy (non-hydrogen) atoms. The van der Waals surface area contributed by atoms with Gasteiger partial charge in [-0.15, -0.1) is 11.3 Å². The molecule has 7 aromatic carbocycles. The summed E-state index contributed by atoms with van der Waals surface area (Å²) in [5.74, 6) is 0. The molecule has 0 saturated heterocycles. The van der Waals surface area contributed by atoms with Gasteiger partial charge in [0.15, 0.2) is 0 Å². The molecule has 1 aromatic heterocycles. The van der Waals surface area contributed by atoms with Crippen molar-refractivity contribution < 1.29 is 0 Å². The van der Waals surface area contributed by atoms with Crippen LogP contribution in [0.4, 0.5) is 17.1 Å². The largest absolute Gasteiger partial charge is 0.310 e. The molecule has 0 unspecified atom stereocenters. The van der Waals surface area contributed by atoms with E-state index in [9.17, 15) is 0 Å². The van der Waals surface area contributed by atoms with Crippen LogP contribution in [0.3, 0.4) is 0 Å². The lowest BCUT2D eigenvalue weighted by Crippen LogP contribution is -2.43. The lowest BCUT2D eigenvalue weighted by molar-refractivity contribution is 0.299. The van der Waals surface area contributed by atoms with Gasteiger partial charge in [0.2, 0.25) is 0 Å². The first kappa shape index (κ1) is 30.6. The van der Waals surface area contributed by atoms with E-state index in [2.05, 4.69) is 186 Å². The van der Waals surface area contributed by atoms with Gasteiger partial charge < -0.3 is 4.90 Å². The molecular weight excluding hydrogens is 635 g/mol. The molecule has 0 radical (unpaired) electrons. The van der Waals surface area contributed by atoms with Gasteiger partial charge in [0, 0.05) is 42.6 Å². The quantitative estimate of drug-likeness (QED) is 0.180. The van der Waals surface area contributed by atoms with Crippen LogP contribution < -0.4 is 4.90 Å². The minimum absolute atomic E-state index is 0.0380. The number of rotatable bonds is 3. The summed E-state index contributed by atoms with van der Waals surface area (Å²) in [5.41, 5.74) is 14.4. The van der Waals surface area contributed by atoms with Gasteiger partial charge in [-0.2, -0.15) is 0 Å². The Hall–Kier alpha value is -5.18. The van der Waals surface area contributed by atoms with Crippen LogP contribution in [0.1, 0.15) is 63.8 Å². The monoisotopic (exact) mass is 675 g/mol. The molecule has 8 aromatic rings. The second-order valence-corrected chi connectivity index (χ2v) is 17.3. The second-order valence-electron chi connectivity index (χ2n) is 16.2. The van der Waals surface area contributed by atoms with E-state index in [0.29, 0.717) is 0 Å². The highest BCUT2D eigenvalue weighted by molar-refractivity contribution is 7.25. The Morgan fingerprint density at radius 3 is 1.80 bits per heavy atom. The van der Waals surface area contributed by atoms with Gasteiger partial charge >= 0.3 is 0 Å². The van der Waals surface area contributed by atoms with Crippen molar-refractivity contribution in [3.05, 3.63) is 162 Å². The molecule has 0 spiro atoms. The molecule has 0 aliphatic heterocycles. The molecule has 10 rings (SSSR count). The maximum atomic E-state index is 2.49. The van der Waals surface area contributed by atoms with Crippen LogP contribution in [0.15, 0.2) is 140 Å². The first-order valence-electron chi connectivity index (χ1n) is 18.2. The van der Waals surface area contributed by atoms with E-state index in [4.69, 9.17) is 0 Å². The normalized spacial score (nSPS) is 16.1. The van der Waals surface area contributed by atoms with E-state index in [-0.39, 0.29) is 16.2 Å². The third kappa shape index (κ3) is 4.20. The maximum absolute atomic E-state index is 2.49. The summed E-state index contributed by atoms with van der Waals surface area (Å²) in [5, 5.41) is 5.19. The van der Waals surface area contributed by atoms with Crippen molar-refractivity contribution >= 4 is 59.3 Å². The fourth-order valence-corrected chi connectivity index (χ4v) is 10.4. The highest BCUT2D eigenvalue weighted by Crippen LogP contribution is 2.55. The molecule has 1 nitrogen and oxygen atoms in total. The number of thiophene rings is 1. The number of hydrogen-bond acceptors (Lipinski definition) is 2. The van der Waals surface area contributed by atoms with Crippen LogP contribution in [0.2, 0.25) is 0 Å². The molecule has 2 aliphatic rings. The van der Waals surface area contributed by atoms with Crippen molar-refractivity contribution in [3.63, 3.8) is 0 Å². The lowest BCUT2D eigenvalue weighted by Gasteiger charge is -2.48. The van der Waals surface area contributed by atoms with Crippen molar-refractivity contribution in [2.45, 2.75) is 57.8 Å². The van der Waals surface area contributed by atoms with E-state index in [1.54, 1.807) is 0 Å². The molecule has 1 heterocycles. The Bertz CT molecular complexity index is 2740. The summed E-state index contributed by atoms with van der Waals surface area (Å²) in [4.78, 5) is 2.49. The molecule has 2 aliphatic carbocycles. The first-order valence-corrected chi connectivity index (χ1v) is 19.0. The van der Waals surface area contributed by atoms with E-state index in [1.807, 2.05) is 11.3 Å². The van der Waals surface area contributed by atoms with Crippen LogP contribution in [0.25, 0.3) is 53.2 Å². The van der Waals surface area contributed by atoms with Gasteiger partial charge in [0.05, 0.1) is 0 Å². The van der Waals surface area contributed by atoms with Gasteiger partial charge in [0.1, 0.15) is 0 Å². The van der Waals surface area contributed by atoms with Gasteiger partial charge in [-0.1, -0.05) is 126 Å². The summed E-state index contributed by atoms with van der Waals surface area (Å²) in [7, 11) is 0. The molecule has 248 valence electrons. The maximum Gasteiger partial charge on any atom is 0.0476 e. The van der Waals surface area contributed by atoms with Crippen LogP contribution in [-0.4, -0.2) is 0 Å². The van der Waals surface area contributed by atoms with E-state index < -0.39 is 0 Å². The van der Waals surface area contributed by atoms with Crippen LogP contribution in [-0.2, 0) is 16.2 Å². The molecule has 0 fully saturated rings. The summed E-state index contributed by atoms with van der Waals surface area (Å²) in [6, 6.07) is 52.9. The Morgan fingerprint density at radius 1 is 0.392 bits per heavy atom. The average molecular weight is 676 g/mol. The van der Waals surface area contributed by atoms with Crippen LogP contribution in [0, 0.1) is 0 Å². The van der Waals surface area contributed by atoms with Gasteiger partial charge in [-0.25, -0.2) is 0 Å². The zero-order valence-electron chi connectivity index (χ0n) is 30.1. The summed E-state index contributed by atoms with van der Waals surface area (Å²) >= 11 is 1.88. The Balaban J connectivity index is 1.20. The lowest BCUT2D eigenvalue weighted by atomic mass is 9.55. The highest BCUT2D eigenvalue weighted by atomic mass is 32.1. The number of anilines is 3. The van der Waals surface area contributed by atoms with E-state index >= 15 is 0 Å². The predicted octanol–water partition coefficient (Wildman–Crippen LogP) is 14.2. The first-order chi connectivity index (χ1) is 24.5. The summed E-state index contributed by atoms with van der Waals surface area (Å²) in [6.07, 6.45) is 0. The van der Waals surface area contributed by atoms with Crippen molar-refractivity contribution in [3.8, 4) is 22.3 Å². The molecule has 0 bridgehead atoms. The SMILES string of the molecule is CC1(C)c2ccccc2-c2cc3ccc(N(c4ccc5c(c4)C(C)(C)C(C)(C)c4ccccc4-5)c4ccc5c(c4)sc4ccccc45)cc3cc21. The fraction of sp³-hybridized carbons (Fsp3) is 0.184. The molecule has 0 saturated carbocycles. The van der Waals surface area contributed by atoms with Gasteiger partial charge in [0.25, 0.3) is 0 Å². The molecule has 0 N–H and O–H groups in total. The molecule has 0 amide bonds. The third-order valence-corrected chi connectivity index (χ3v) is 13.9. The number of benzene rings is 7. The third-order valence-electron chi connectivity index (χ3n) is 12.8. The topological polar surface area (TPSA) is 3.24 Å². The van der Waals surface area contributed by atoms with E-state index in [1.165, 1.54) is 92.5 Å². The molecular formula is C49H41NS. The van der Waals surface area contributed by atoms with Gasteiger partial charge in [-0.05, 0) is 121 Å². The summed E-state index contributed by atoms with van der Waals surface area (Å²) in [6.45, 7) is 14.4. The number of fused-ring (bicyclic) bond motifs is 10. The van der Waals surface area contributed by atoms with Crippen molar-refractivity contribution in [2.75, 3.05) is 4.90 Å². The molecule has 0 atom stereocenters. The van der Waals surface area contributed by atoms with Crippen molar-refractivity contribution in [1.82, 2.24) is 0 Å². The van der Waals surface area contributed by atoms with Crippen LogP contribution >= 0.6 is 11.3 Å². The number of hydrogen-bond donors (Lipinski definition) is 0. The average Bonchev–Trinajstić information content (AvgIpc) is 3.61. The minimum atomic E-state index is -0.0850. The zero-order chi connectivity index (χ0) is 34.9. The Kier molecular flexibility index (Phi) is 6.27. The van der Waals surface area contributed by atoms with Crippen LogP contribution in [0.5, 0.6) is 0 Å². The predicted molar refractivity (Wildman–Crippen MR) is 221 cm³/mol. The standard InChI is InChI=1S/C49H41NS/c1-47(2)41-16-10-7-14-36(41)40-26-30-19-20-32(25-31(30)27-43(40)47)50(34-22-24-39-38-15-9-12-18-45(38)51-46(39)29-34)33-21-23-37-35-13-8-11-17-42(35)48(3,4)49(5,6)44(37)28-33/h7-29H,1-6H3. The van der Waals surface area contributed by atoms with E-state index in [0.717, 1.165) is 0 Å². The smallest absolute Gasteiger partial charge is 0.0476 e. The zero-order valence-corrected chi connectivity index (χ0v) is 31.0. The highest BCUT2D eigenvalue weighted by Gasteiger charge is 2.46. The fourth-order valence-electron chi connectivity index (χ4n) is 9.23.